The summed E-state index contributed by atoms with van der Waals surface area (Å²) in [6.45, 7) is 21.8. The maximum atomic E-state index is 12.2. The Morgan fingerprint density at radius 2 is 1.41 bits per heavy atom. The Balaban J connectivity index is 2.28. The number of carbonyl (C=O) groups excluding carboxylic acids is 1. The Bertz CT molecular complexity index is 567. The summed E-state index contributed by atoms with van der Waals surface area (Å²) in [4.78, 5) is 12.2. The van der Waals surface area contributed by atoms with Crippen LogP contribution in [0.25, 0.3) is 0 Å². The van der Waals surface area contributed by atoms with Gasteiger partial charge in [-0.25, -0.2) is 4.79 Å². The van der Waals surface area contributed by atoms with Gasteiger partial charge in [0.1, 0.15) is 6.10 Å². The maximum Gasteiger partial charge on any atom is 0.330 e. The molecule has 0 saturated heterocycles. The zero-order valence-electron chi connectivity index (χ0n) is 20.2. The summed E-state index contributed by atoms with van der Waals surface area (Å²) in [6.07, 6.45) is 6.21. The van der Waals surface area contributed by atoms with E-state index in [-0.39, 0.29) is 34.9 Å². The lowest BCUT2D eigenvalue weighted by Crippen LogP contribution is -2.48. The van der Waals surface area contributed by atoms with Crippen molar-refractivity contribution >= 4 is 5.97 Å². The molecule has 8 unspecified atom stereocenters. The lowest BCUT2D eigenvalue weighted by atomic mass is 9.59. The maximum absolute atomic E-state index is 12.2. The molecule has 2 saturated carbocycles. The number of carbonyl (C=O) groups is 1. The Hall–Kier alpha value is -0.830. The van der Waals surface area contributed by atoms with E-state index in [1.165, 1.54) is 6.08 Å². The van der Waals surface area contributed by atoms with Crippen molar-refractivity contribution in [1.82, 2.24) is 0 Å². The molecule has 0 bridgehead atoms. The molecular weight excluding hydrogens is 360 g/mol. The highest BCUT2D eigenvalue weighted by molar-refractivity contribution is 5.81. The molecular formula is C26H46O3. The average molecular weight is 407 g/mol. The van der Waals surface area contributed by atoms with Gasteiger partial charge >= 0.3 is 5.97 Å². The van der Waals surface area contributed by atoms with E-state index in [0.717, 1.165) is 32.1 Å². The lowest BCUT2D eigenvalue weighted by Gasteiger charge is -2.49. The molecule has 1 N–H and O–H groups in total. The molecule has 0 aromatic heterocycles. The summed E-state index contributed by atoms with van der Waals surface area (Å²) in [7, 11) is 0. The third-order valence-corrected chi connectivity index (χ3v) is 7.73. The summed E-state index contributed by atoms with van der Waals surface area (Å²) in [5.41, 5.74) is 0.181. The van der Waals surface area contributed by atoms with E-state index in [2.05, 4.69) is 62.0 Å². The Kier molecular flexibility index (Phi) is 7.69. The standard InChI is InChI=1S/C26H46O3/c1-10-22(27)29-24-19(12-17(3)14-21(24)26(7,8)9)15-18-11-16(2)13-20(23(18)28)25(4,5)6/h10,16-21,23-24,28H,1,11-15H2,2-9H3. The molecule has 3 nitrogen and oxygen atoms in total. The lowest BCUT2D eigenvalue weighted by molar-refractivity contribution is -0.160. The van der Waals surface area contributed by atoms with E-state index in [9.17, 15) is 9.90 Å². The van der Waals surface area contributed by atoms with Crippen molar-refractivity contribution in [3.8, 4) is 0 Å². The first kappa shape index (κ1) is 24.4. The fourth-order valence-corrected chi connectivity index (χ4v) is 6.22. The summed E-state index contributed by atoms with van der Waals surface area (Å²) < 4.78 is 6.00. The molecule has 2 aliphatic rings. The Morgan fingerprint density at radius 1 is 0.931 bits per heavy atom. The van der Waals surface area contributed by atoms with Crippen LogP contribution in [0.1, 0.15) is 87.5 Å². The predicted molar refractivity (Wildman–Crippen MR) is 120 cm³/mol. The summed E-state index contributed by atoms with van der Waals surface area (Å²) in [5, 5.41) is 11.3. The highest BCUT2D eigenvalue weighted by Gasteiger charge is 2.47. The zero-order valence-corrected chi connectivity index (χ0v) is 20.2. The molecule has 0 aromatic rings. The molecule has 0 radical (unpaired) electrons. The van der Waals surface area contributed by atoms with Crippen LogP contribution in [0.4, 0.5) is 0 Å². The van der Waals surface area contributed by atoms with Crippen molar-refractivity contribution in [3.05, 3.63) is 12.7 Å². The van der Waals surface area contributed by atoms with Crippen molar-refractivity contribution < 1.29 is 14.6 Å². The van der Waals surface area contributed by atoms with Gasteiger partial charge in [0, 0.05) is 12.0 Å². The van der Waals surface area contributed by atoms with Crippen molar-refractivity contribution in [3.63, 3.8) is 0 Å². The second-order valence-electron chi connectivity index (χ2n) is 12.5. The van der Waals surface area contributed by atoms with Crippen LogP contribution in [0, 0.1) is 46.3 Å². The quantitative estimate of drug-likeness (QED) is 0.443. The number of aliphatic hydroxyl groups excluding tert-OH is 1. The third-order valence-electron chi connectivity index (χ3n) is 7.73. The van der Waals surface area contributed by atoms with Gasteiger partial charge in [-0.15, -0.1) is 0 Å². The number of hydrogen-bond donors (Lipinski definition) is 1. The normalized spacial score (nSPS) is 39.1. The fourth-order valence-electron chi connectivity index (χ4n) is 6.22. The molecule has 0 aliphatic heterocycles. The van der Waals surface area contributed by atoms with Crippen molar-refractivity contribution in [2.75, 3.05) is 0 Å². The van der Waals surface area contributed by atoms with Gasteiger partial charge in [0.05, 0.1) is 6.10 Å². The molecule has 2 fully saturated rings. The van der Waals surface area contributed by atoms with E-state index in [0.29, 0.717) is 29.6 Å². The molecule has 0 amide bonds. The molecule has 29 heavy (non-hydrogen) atoms. The summed E-state index contributed by atoms with van der Waals surface area (Å²) >= 11 is 0. The van der Waals surface area contributed by atoms with Gasteiger partial charge < -0.3 is 9.84 Å². The molecule has 168 valence electrons. The van der Waals surface area contributed by atoms with Gasteiger partial charge in [-0.3, -0.25) is 0 Å². The number of rotatable bonds is 4. The summed E-state index contributed by atoms with van der Waals surface area (Å²) in [6, 6.07) is 0. The molecule has 0 heterocycles. The number of hydrogen-bond acceptors (Lipinski definition) is 3. The van der Waals surface area contributed by atoms with E-state index in [1.54, 1.807) is 0 Å². The minimum absolute atomic E-state index is 0.0749. The van der Waals surface area contributed by atoms with E-state index >= 15 is 0 Å². The topological polar surface area (TPSA) is 46.5 Å². The van der Waals surface area contributed by atoms with Crippen molar-refractivity contribution in [2.45, 2.75) is 99.7 Å². The molecule has 2 rings (SSSR count). The molecule has 3 heteroatoms. The minimum atomic E-state index is -0.311. The largest absolute Gasteiger partial charge is 0.459 e. The SMILES string of the molecule is C=CC(=O)OC1C(CC2CC(C)CC(C(C)(C)C)C2O)CC(C)CC1C(C)(C)C. The van der Waals surface area contributed by atoms with Crippen LogP contribution in [-0.4, -0.2) is 23.3 Å². The van der Waals surface area contributed by atoms with Crippen molar-refractivity contribution in [2.24, 2.45) is 46.3 Å². The van der Waals surface area contributed by atoms with Gasteiger partial charge in [0.15, 0.2) is 0 Å². The van der Waals surface area contributed by atoms with Crippen LogP contribution in [-0.2, 0) is 9.53 Å². The summed E-state index contributed by atoms with van der Waals surface area (Å²) in [5.74, 6) is 2.16. The fraction of sp³-hybridized carbons (Fsp3) is 0.885. The first-order chi connectivity index (χ1) is 13.2. The Morgan fingerprint density at radius 3 is 1.90 bits per heavy atom. The van der Waals surface area contributed by atoms with Crippen LogP contribution in [0.2, 0.25) is 0 Å². The highest BCUT2D eigenvalue weighted by atomic mass is 16.5. The molecule has 8 atom stereocenters. The zero-order chi connectivity index (χ0) is 22.1. The number of ether oxygens (including phenoxy) is 1. The van der Waals surface area contributed by atoms with Gasteiger partial charge in [0.25, 0.3) is 0 Å². The Labute approximate surface area is 179 Å². The number of aliphatic hydroxyl groups is 1. The second-order valence-corrected chi connectivity index (χ2v) is 12.5. The average Bonchev–Trinajstić information content (AvgIpc) is 2.57. The highest BCUT2D eigenvalue weighted by Crippen LogP contribution is 2.49. The first-order valence-electron chi connectivity index (χ1n) is 11.7. The van der Waals surface area contributed by atoms with Crippen LogP contribution in [0.3, 0.4) is 0 Å². The van der Waals surface area contributed by atoms with E-state index in [4.69, 9.17) is 4.74 Å². The molecule has 0 spiro atoms. The van der Waals surface area contributed by atoms with Crippen LogP contribution >= 0.6 is 0 Å². The minimum Gasteiger partial charge on any atom is -0.459 e. The monoisotopic (exact) mass is 406 g/mol. The van der Waals surface area contributed by atoms with Gasteiger partial charge in [-0.2, -0.15) is 0 Å². The third kappa shape index (κ3) is 6.09. The number of esters is 1. The van der Waals surface area contributed by atoms with Crippen molar-refractivity contribution in [1.29, 1.82) is 0 Å². The van der Waals surface area contributed by atoms with Gasteiger partial charge in [-0.05, 0) is 72.5 Å². The second kappa shape index (κ2) is 9.12. The molecule has 2 aliphatic carbocycles. The predicted octanol–water partition coefficient (Wildman–Crippen LogP) is 6.25. The molecule has 0 aromatic carbocycles. The van der Waals surface area contributed by atoms with Crippen LogP contribution in [0.15, 0.2) is 12.7 Å². The first-order valence-corrected chi connectivity index (χ1v) is 11.7. The van der Waals surface area contributed by atoms with E-state index < -0.39 is 0 Å². The smallest absolute Gasteiger partial charge is 0.330 e. The van der Waals surface area contributed by atoms with E-state index in [1.807, 2.05) is 0 Å². The van der Waals surface area contributed by atoms with Crippen LogP contribution in [0.5, 0.6) is 0 Å². The van der Waals surface area contributed by atoms with Gasteiger partial charge in [0.2, 0.25) is 0 Å². The van der Waals surface area contributed by atoms with Crippen LogP contribution < -0.4 is 0 Å². The van der Waals surface area contributed by atoms with Gasteiger partial charge in [-0.1, -0.05) is 62.0 Å².